The normalized spacial score (nSPS) is 10.6. The van der Waals surface area contributed by atoms with E-state index in [4.69, 9.17) is 16.3 Å². The molecule has 0 unspecified atom stereocenters. The highest BCUT2D eigenvalue weighted by atomic mass is 35.5. The molecule has 0 saturated carbocycles. The minimum Gasteiger partial charge on any atom is -0.497 e. The fraction of sp³-hybridized carbons (Fsp3) is 0.0435. The molecule has 0 aliphatic carbocycles. The topological polar surface area (TPSA) is 56.1 Å². The average molecular weight is 422 g/mol. The van der Waals surface area contributed by atoms with Gasteiger partial charge in [-0.25, -0.2) is 9.07 Å². The summed E-state index contributed by atoms with van der Waals surface area (Å²) in [4.78, 5) is 12.8. The van der Waals surface area contributed by atoms with Gasteiger partial charge >= 0.3 is 0 Å². The van der Waals surface area contributed by atoms with E-state index in [2.05, 4.69) is 10.4 Å². The Bertz CT molecular complexity index is 1190. The number of anilines is 1. The molecule has 0 atom stereocenters. The molecule has 0 aliphatic rings. The van der Waals surface area contributed by atoms with Gasteiger partial charge in [0.2, 0.25) is 0 Å². The summed E-state index contributed by atoms with van der Waals surface area (Å²) in [6, 6.07) is 22.5. The van der Waals surface area contributed by atoms with E-state index < -0.39 is 11.7 Å². The molecule has 1 amide bonds. The van der Waals surface area contributed by atoms with Crippen molar-refractivity contribution in [2.75, 3.05) is 12.4 Å². The van der Waals surface area contributed by atoms with Crippen molar-refractivity contribution in [3.05, 3.63) is 95.3 Å². The number of rotatable bonds is 5. The summed E-state index contributed by atoms with van der Waals surface area (Å²) in [7, 11) is 1.59. The predicted molar refractivity (Wildman–Crippen MR) is 115 cm³/mol. The number of hydrogen-bond acceptors (Lipinski definition) is 3. The number of carbonyl (C=O) groups excluding carboxylic acids is 1. The molecule has 30 heavy (non-hydrogen) atoms. The zero-order valence-corrected chi connectivity index (χ0v) is 16.7. The van der Waals surface area contributed by atoms with Crippen LogP contribution in [-0.2, 0) is 0 Å². The first-order valence-corrected chi connectivity index (χ1v) is 9.49. The van der Waals surface area contributed by atoms with Crippen molar-refractivity contribution >= 4 is 23.3 Å². The number of amides is 1. The van der Waals surface area contributed by atoms with Crippen LogP contribution in [0, 0.1) is 5.82 Å². The number of hydrogen-bond donors (Lipinski definition) is 1. The highest BCUT2D eigenvalue weighted by Gasteiger charge is 2.16. The molecule has 5 nitrogen and oxygen atoms in total. The first-order valence-electron chi connectivity index (χ1n) is 9.11. The predicted octanol–water partition coefficient (Wildman–Crippen LogP) is 5.59. The van der Waals surface area contributed by atoms with Crippen molar-refractivity contribution in [3.8, 4) is 22.7 Å². The molecule has 1 N–H and O–H groups in total. The van der Waals surface area contributed by atoms with Gasteiger partial charge in [-0.05, 0) is 42.5 Å². The lowest BCUT2D eigenvalue weighted by Gasteiger charge is -2.10. The maximum Gasteiger partial charge on any atom is 0.256 e. The van der Waals surface area contributed by atoms with E-state index in [-0.39, 0.29) is 10.6 Å². The molecule has 0 bridgehead atoms. The molecule has 150 valence electrons. The van der Waals surface area contributed by atoms with Crippen LogP contribution >= 0.6 is 11.6 Å². The second kappa shape index (κ2) is 8.39. The van der Waals surface area contributed by atoms with E-state index in [1.165, 1.54) is 12.1 Å². The van der Waals surface area contributed by atoms with Crippen molar-refractivity contribution in [3.63, 3.8) is 0 Å². The van der Waals surface area contributed by atoms with Gasteiger partial charge in [-0.2, -0.15) is 5.10 Å². The van der Waals surface area contributed by atoms with Crippen LogP contribution in [0.4, 0.5) is 10.2 Å². The molecule has 1 aromatic heterocycles. The minimum atomic E-state index is -0.581. The Morgan fingerprint density at radius 3 is 2.43 bits per heavy atom. The number of aromatic nitrogens is 2. The highest BCUT2D eigenvalue weighted by molar-refractivity contribution is 6.31. The Morgan fingerprint density at radius 1 is 1.03 bits per heavy atom. The van der Waals surface area contributed by atoms with Gasteiger partial charge in [0.1, 0.15) is 17.4 Å². The zero-order chi connectivity index (χ0) is 21.1. The lowest BCUT2D eigenvalue weighted by atomic mass is 10.1. The summed E-state index contributed by atoms with van der Waals surface area (Å²) < 4.78 is 20.3. The monoisotopic (exact) mass is 421 g/mol. The van der Waals surface area contributed by atoms with Crippen molar-refractivity contribution in [2.24, 2.45) is 0 Å². The fourth-order valence-electron chi connectivity index (χ4n) is 2.97. The zero-order valence-electron chi connectivity index (χ0n) is 16.0. The second-order valence-corrected chi connectivity index (χ2v) is 6.88. The van der Waals surface area contributed by atoms with Gasteiger partial charge in [0.25, 0.3) is 5.91 Å². The molecule has 4 rings (SSSR count). The van der Waals surface area contributed by atoms with Crippen molar-refractivity contribution in [2.45, 2.75) is 0 Å². The number of methoxy groups -OCH3 is 1. The molecule has 4 aromatic rings. The molecular weight excluding hydrogens is 405 g/mol. The van der Waals surface area contributed by atoms with E-state index in [0.29, 0.717) is 17.3 Å². The molecule has 1 heterocycles. The standard InChI is InChI=1S/C23H17ClFN3O2/c1-30-18-10-8-17(9-11-18)28-22(14-21(27-28)15-5-3-2-4-6-15)26-23(29)16-7-12-20(25)19(24)13-16/h2-14H,1H3,(H,26,29). The van der Waals surface area contributed by atoms with Crippen molar-refractivity contribution in [1.29, 1.82) is 0 Å². The molecule has 0 aliphatic heterocycles. The van der Waals surface area contributed by atoms with Crippen LogP contribution in [0.25, 0.3) is 16.9 Å². The van der Waals surface area contributed by atoms with Gasteiger partial charge in [-0.3, -0.25) is 4.79 Å². The van der Waals surface area contributed by atoms with E-state index in [0.717, 1.165) is 17.3 Å². The van der Waals surface area contributed by atoms with E-state index >= 15 is 0 Å². The molecule has 0 spiro atoms. The third kappa shape index (κ3) is 4.04. The summed E-state index contributed by atoms with van der Waals surface area (Å²) in [5.41, 5.74) is 2.58. The van der Waals surface area contributed by atoms with Gasteiger partial charge in [0, 0.05) is 17.2 Å². The molecule has 0 saturated heterocycles. The number of nitrogens with one attached hydrogen (secondary N) is 1. The summed E-state index contributed by atoms with van der Waals surface area (Å²) in [6.07, 6.45) is 0. The van der Waals surface area contributed by atoms with Gasteiger partial charge < -0.3 is 10.1 Å². The summed E-state index contributed by atoms with van der Waals surface area (Å²) in [6.45, 7) is 0. The van der Waals surface area contributed by atoms with Crippen LogP contribution in [0.2, 0.25) is 5.02 Å². The van der Waals surface area contributed by atoms with Gasteiger partial charge in [0.05, 0.1) is 23.5 Å². The Hall–Kier alpha value is -3.64. The maximum absolute atomic E-state index is 13.4. The van der Waals surface area contributed by atoms with Crippen LogP contribution in [0.5, 0.6) is 5.75 Å². The highest BCUT2D eigenvalue weighted by Crippen LogP contribution is 2.26. The van der Waals surface area contributed by atoms with Crippen molar-refractivity contribution < 1.29 is 13.9 Å². The van der Waals surface area contributed by atoms with Crippen LogP contribution < -0.4 is 10.1 Å². The molecule has 0 radical (unpaired) electrons. The smallest absolute Gasteiger partial charge is 0.256 e. The molecule has 7 heteroatoms. The van der Waals surface area contributed by atoms with Crippen LogP contribution in [0.3, 0.4) is 0 Å². The SMILES string of the molecule is COc1ccc(-n2nc(-c3ccccc3)cc2NC(=O)c2ccc(F)c(Cl)c2)cc1. The Kier molecular flexibility index (Phi) is 5.50. The minimum absolute atomic E-state index is 0.115. The first-order chi connectivity index (χ1) is 14.5. The van der Waals surface area contributed by atoms with Crippen LogP contribution in [0.1, 0.15) is 10.4 Å². The average Bonchev–Trinajstić information content (AvgIpc) is 3.20. The summed E-state index contributed by atoms with van der Waals surface area (Å²) in [5.74, 6) is 0.166. The number of benzene rings is 3. The number of carbonyl (C=O) groups is 1. The molecule has 3 aromatic carbocycles. The number of halogens is 2. The lowest BCUT2D eigenvalue weighted by molar-refractivity contribution is 0.102. The largest absolute Gasteiger partial charge is 0.497 e. The Labute approximate surface area is 177 Å². The Balaban J connectivity index is 1.73. The first kappa shape index (κ1) is 19.7. The Morgan fingerprint density at radius 2 is 1.77 bits per heavy atom. The van der Waals surface area contributed by atoms with Gasteiger partial charge in [-0.15, -0.1) is 0 Å². The number of ether oxygens (including phenoxy) is 1. The number of nitrogens with zero attached hydrogens (tertiary/aromatic N) is 2. The summed E-state index contributed by atoms with van der Waals surface area (Å²) in [5, 5.41) is 7.39. The third-order valence-corrected chi connectivity index (χ3v) is 4.81. The summed E-state index contributed by atoms with van der Waals surface area (Å²) >= 11 is 5.82. The van der Waals surface area contributed by atoms with E-state index in [1.54, 1.807) is 17.9 Å². The van der Waals surface area contributed by atoms with E-state index in [1.807, 2.05) is 54.6 Å². The van der Waals surface area contributed by atoms with Crippen molar-refractivity contribution in [1.82, 2.24) is 9.78 Å². The lowest BCUT2D eigenvalue weighted by Crippen LogP contribution is -2.15. The van der Waals surface area contributed by atoms with E-state index in [9.17, 15) is 9.18 Å². The quantitative estimate of drug-likeness (QED) is 0.456. The maximum atomic E-state index is 13.4. The second-order valence-electron chi connectivity index (χ2n) is 6.47. The molecular formula is C23H17ClFN3O2. The van der Waals surface area contributed by atoms with Gasteiger partial charge in [0.15, 0.2) is 0 Å². The van der Waals surface area contributed by atoms with Crippen LogP contribution in [0.15, 0.2) is 78.9 Å². The van der Waals surface area contributed by atoms with Crippen LogP contribution in [-0.4, -0.2) is 22.8 Å². The fourth-order valence-corrected chi connectivity index (χ4v) is 3.15. The molecule has 0 fully saturated rings. The third-order valence-electron chi connectivity index (χ3n) is 4.52. The van der Waals surface area contributed by atoms with Gasteiger partial charge in [-0.1, -0.05) is 41.9 Å².